The minimum atomic E-state index is 0.534. The van der Waals surface area contributed by atoms with Crippen LogP contribution in [-0.4, -0.2) is 19.6 Å². The van der Waals surface area contributed by atoms with Crippen LogP contribution in [0.3, 0.4) is 0 Å². The van der Waals surface area contributed by atoms with Gasteiger partial charge in [-0.05, 0) is 40.2 Å². The van der Waals surface area contributed by atoms with Crippen molar-refractivity contribution in [1.82, 2.24) is 19.6 Å². The van der Waals surface area contributed by atoms with Crippen molar-refractivity contribution in [2.75, 3.05) is 0 Å². The number of imidazole rings is 1. The zero-order chi connectivity index (χ0) is 15.6. The molecule has 7 heteroatoms. The molecule has 3 aromatic heterocycles. The van der Waals surface area contributed by atoms with E-state index in [9.17, 15) is 0 Å². The number of nitrogens with zero attached hydrogens (tertiary/aromatic N) is 4. The van der Waals surface area contributed by atoms with E-state index in [0.29, 0.717) is 16.9 Å². The SMILES string of the molecule is Brc1ccc2nc(CSc3nnc(-c4ccccc4)o3)cn2c1. The molecule has 0 spiro atoms. The van der Waals surface area contributed by atoms with Crippen LogP contribution in [0.15, 0.2) is 69.0 Å². The third-order valence-electron chi connectivity index (χ3n) is 3.24. The van der Waals surface area contributed by atoms with Gasteiger partial charge in [-0.25, -0.2) is 4.98 Å². The van der Waals surface area contributed by atoms with Gasteiger partial charge in [-0.15, -0.1) is 10.2 Å². The lowest BCUT2D eigenvalue weighted by molar-refractivity contribution is 0.466. The Morgan fingerprint density at radius 1 is 1.04 bits per heavy atom. The topological polar surface area (TPSA) is 56.2 Å². The third-order valence-corrected chi connectivity index (χ3v) is 4.56. The van der Waals surface area contributed by atoms with Gasteiger partial charge in [0.05, 0.1) is 5.69 Å². The number of thioether (sulfide) groups is 1. The van der Waals surface area contributed by atoms with Crippen molar-refractivity contribution in [2.45, 2.75) is 11.0 Å². The largest absolute Gasteiger partial charge is 0.411 e. The fourth-order valence-electron chi connectivity index (χ4n) is 2.19. The van der Waals surface area contributed by atoms with E-state index < -0.39 is 0 Å². The molecule has 0 amide bonds. The number of pyridine rings is 1. The molecule has 0 aliphatic heterocycles. The van der Waals surface area contributed by atoms with Gasteiger partial charge in [0.25, 0.3) is 5.22 Å². The van der Waals surface area contributed by atoms with Gasteiger partial charge in [-0.2, -0.15) is 0 Å². The molecule has 4 rings (SSSR count). The summed E-state index contributed by atoms with van der Waals surface area (Å²) in [4.78, 5) is 4.57. The molecule has 3 heterocycles. The van der Waals surface area contributed by atoms with Gasteiger partial charge in [0.1, 0.15) is 5.65 Å². The van der Waals surface area contributed by atoms with Crippen molar-refractivity contribution in [2.24, 2.45) is 0 Å². The molecule has 23 heavy (non-hydrogen) atoms. The van der Waals surface area contributed by atoms with Crippen molar-refractivity contribution in [1.29, 1.82) is 0 Å². The first kappa shape index (κ1) is 14.5. The second-order valence-corrected chi connectivity index (χ2v) is 6.72. The predicted octanol–water partition coefficient (Wildman–Crippen LogP) is 4.44. The standard InChI is InChI=1S/C16H11BrN4OS/c17-12-6-7-14-18-13(9-21(14)8-12)10-23-16-20-19-15(22-16)11-4-2-1-3-5-11/h1-9H,10H2. The highest BCUT2D eigenvalue weighted by atomic mass is 79.9. The lowest BCUT2D eigenvalue weighted by Gasteiger charge is -1.93. The first-order valence-electron chi connectivity index (χ1n) is 6.93. The third kappa shape index (κ3) is 3.16. The van der Waals surface area contributed by atoms with Gasteiger partial charge in [0.2, 0.25) is 5.89 Å². The Kier molecular flexibility index (Phi) is 3.88. The number of hydrogen-bond acceptors (Lipinski definition) is 5. The smallest absolute Gasteiger partial charge is 0.277 e. The van der Waals surface area contributed by atoms with E-state index in [4.69, 9.17) is 4.42 Å². The lowest BCUT2D eigenvalue weighted by Crippen LogP contribution is -1.80. The highest BCUT2D eigenvalue weighted by Gasteiger charge is 2.10. The van der Waals surface area contributed by atoms with Crippen molar-refractivity contribution in [3.8, 4) is 11.5 Å². The van der Waals surface area contributed by atoms with Gasteiger partial charge in [-0.1, -0.05) is 30.0 Å². The monoisotopic (exact) mass is 386 g/mol. The van der Waals surface area contributed by atoms with E-state index >= 15 is 0 Å². The molecule has 114 valence electrons. The fraction of sp³-hybridized carbons (Fsp3) is 0.0625. The molecule has 5 nitrogen and oxygen atoms in total. The van der Waals surface area contributed by atoms with Gasteiger partial charge < -0.3 is 8.82 Å². The number of hydrogen-bond donors (Lipinski definition) is 0. The van der Waals surface area contributed by atoms with E-state index in [0.717, 1.165) is 21.4 Å². The summed E-state index contributed by atoms with van der Waals surface area (Å²) >= 11 is 4.94. The highest BCUT2D eigenvalue weighted by molar-refractivity contribution is 9.10. The van der Waals surface area contributed by atoms with Gasteiger partial charge in [0.15, 0.2) is 0 Å². The maximum absolute atomic E-state index is 5.68. The van der Waals surface area contributed by atoms with E-state index in [1.165, 1.54) is 11.8 Å². The molecular formula is C16H11BrN4OS. The molecule has 0 unspecified atom stereocenters. The van der Waals surface area contributed by atoms with E-state index in [1.807, 2.05) is 59.3 Å². The fourth-order valence-corrected chi connectivity index (χ4v) is 3.19. The number of benzene rings is 1. The quantitative estimate of drug-likeness (QED) is 0.485. The van der Waals surface area contributed by atoms with E-state index in [1.54, 1.807) is 0 Å². The summed E-state index contributed by atoms with van der Waals surface area (Å²) in [5.41, 5.74) is 2.80. The van der Waals surface area contributed by atoms with Crippen LogP contribution in [0, 0.1) is 0 Å². The van der Waals surface area contributed by atoms with Crippen LogP contribution in [0.25, 0.3) is 17.1 Å². The molecule has 0 radical (unpaired) electrons. The molecule has 0 atom stereocenters. The normalized spacial score (nSPS) is 11.2. The Balaban J connectivity index is 1.49. The van der Waals surface area contributed by atoms with Gasteiger partial charge >= 0.3 is 0 Å². The first-order valence-corrected chi connectivity index (χ1v) is 8.71. The summed E-state index contributed by atoms with van der Waals surface area (Å²) in [5.74, 6) is 1.21. The number of rotatable bonds is 4. The van der Waals surface area contributed by atoms with Crippen LogP contribution in [0.5, 0.6) is 0 Å². The van der Waals surface area contributed by atoms with Crippen molar-refractivity contribution >= 4 is 33.3 Å². The van der Waals surface area contributed by atoms with Crippen LogP contribution in [0.2, 0.25) is 0 Å². The second kappa shape index (κ2) is 6.17. The number of halogens is 1. The maximum Gasteiger partial charge on any atom is 0.277 e. The molecule has 0 bridgehead atoms. The minimum Gasteiger partial charge on any atom is -0.411 e. The molecule has 0 N–H and O–H groups in total. The van der Waals surface area contributed by atoms with E-state index in [2.05, 4.69) is 31.1 Å². The second-order valence-electron chi connectivity index (χ2n) is 4.87. The van der Waals surface area contributed by atoms with Gasteiger partial charge in [0, 0.05) is 28.2 Å². The maximum atomic E-state index is 5.68. The Hall–Kier alpha value is -2.12. The summed E-state index contributed by atoms with van der Waals surface area (Å²) in [6.07, 6.45) is 3.98. The molecule has 0 fully saturated rings. The summed E-state index contributed by atoms with van der Waals surface area (Å²) in [5, 5.41) is 8.71. The molecule has 0 aliphatic carbocycles. The van der Waals surface area contributed by atoms with E-state index in [-0.39, 0.29) is 0 Å². The molecule has 0 aliphatic rings. The van der Waals surface area contributed by atoms with Crippen LogP contribution in [0.4, 0.5) is 0 Å². The summed E-state index contributed by atoms with van der Waals surface area (Å²) in [7, 11) is 0. The average Bonchev–Trinajstić information content (AvgIpc) is 3.20. The minimum absolute atomic E-state index is 0.534. The molecule has 1 aromatic carbocycles. The Morgan fingerprint density at radius 2 is 1.91 bits per heavy atom. The van der Waals surface area contributed by atoms with Crippen LogP contribution in [-0.2, 0) is 5.75 Å². The van der Waals surface area contributed by atoms with Crippen LogP contribution < -0.4 is 0 Å². The zero-order valence-corrected chi connectivity index (χ0v) is 14.3. The van der Waals surface area contributed by atoms with Crippen molar-refractivity contribution < 1.29 is 4.42 Å². The lowest BCUT2D eigenvalue weighted by atomic mass is 10.2. The molecule has 0 saturated heterocycles. The average molecular weight is 387 g/mol. The summed E-state index contributed by atoms with van der Waals surface area (Å²) in [6.45, 7) is 0. The molecular weight excluding hydrogens is 376 g/mol. The zero-order valence-electron chi connectivity index (χ0n) is 11.9. The number of fused-ring (bicyclic) bond motifs is 1. The Labute approximate surface area is 144 Å². The predicted molar refractivity (Wildman–Crippen MR) is 92.2 cm³/mol. The molecule has 0 saturated carbocycles. The first-order chi connectivity index (χ1) is 11.3. The van der Waals surface area contributed by atoms with Gasteiger partial charge in [-0.3, -0.25) is 0 Å². The van der Waals surface area contributed by atoms with Crippen molar-refractivity contribution in [3.05, 3.63) is 65.0 Å². The Morgan fingerprint density at radius 3 is 2.78 bits per heavy atom. The summed E-state index contributed by atoms with van der Waals surface area (Å²) in [6, 6.07) is 13.7. The molecule has 4 aromatic rings. The highest BCUT2D eigenvalue weighted by Crippen LogP contribution is 2.25. The van der Waals surface area contributed by atoms with Crippen molar-refractivity contribution in [3.63, 3.8) is 0 Å². The summed E-state index contributed by atoms with van der Waals surface area (Å²) < 4.78 is 8.69. The van der Waals surface area contributed by atoms with Crippen LogP contribution >= 0.6 is 27.7 Å². The Bertz CT molecular complexity index is 951. The van der Waals surface area contributed by atoms with Crippen LogP contribution in [0.1, 0.15) is 5.69 Å². The number of aromatic nitrogens is 4.